The lowest BCUT2D eigenvalue weighted by Gasteiger charge is -2.32. The molecule has 3 rings (SSSR count). The predicted molar refractivity (Wildman–Crippen MR) is 85.9 cm³/mol. The number of hydrogen-bond donors (Lipinski definition) is 1. The summed E-state index contributed by atoms with van der Waals surface area (Å²) in [4.78, 5) is 14.4. The summed E-state index contributed by atoms with van der Waals surface area (Å²) in [5.41, 5.74) is 1.08. The summed E-state index contributed by atoms with van der Waals surface area (Å²) < 4.78 is 0. The summed E-state index contributed by atoms with van der Waals surface area (Å²) in [6.45, 7) is 13.2. The molecule has 0 spiro atoms. The van der Waals surface area contributed by atoms with Gasteiger partial charge in [-0.1, -0.05) is 13.8 Å². The Morgan fingerprint density at radius 2 is 1.95 bits per heavy atom. The third-order valence-electron chi connectivity index (χ3n) is 4.53. The van der Waals surface area contributed by atoms with Crippen LogP contribution in [-0.2, 0) is 0 Å². The van der Waals surface area contributed by atoms with Crippen molar-refractivity contribution in [3.8, 4) is 0 Å². The van der Waals surface area contributed by atoms with Crippen molar-refractivity contribution >= 4 is 5.82 Å². The van der Waals surface area contributed by atoms with Crippen LogP contribution in [0.1, 0.15) is 37.7 Å². The van der Waals surface area contributed by atoms with E-state index in [2.05, 4.69) is 46.9 Å². The first kappa shape index (κ1) is 14.7. The van der Waals surface area contributed by atoms with Gasteiger partial charge < -0.3 is 10.2 Å². The molecule has 0 amide bonds. The van der Waals surface area contributed by atoms with E-state index in [1.807, 2.05) is 0 Å². The highest BCUT2D eigenvalue weighted by molar-refractivity contribution is 5.41. The number of hydrogen-bond acceptors (Lipinski definition) is 5. The van der Waals surface area contributed by atoms with Crippen molar-refractivity contribution < 1.29 is 0 Å². The zero-order chi connectivity index (χ0) is 14.8. The lowest BCUT2D eigenvalue weighted by molar-refractivity contribution is 0.185. The molecule has 2 aliphatic rings. The van der Waals surface area contributed by atoms with Crippen LogP contribution in [-0.4, -0.2) is 60.2 Å². The molecule has 5 heteroatoms. The Balaban J connectivity index is 1.70. The first-order valence-electron chi connectivity index (χ1n) is 8.19. The molecule has 0 bridgehead atoms. The number of nitrogens with one attached hydrogen (secondary N) is 1. The normalized spacial score (nSPS) is 24.0. The van der Waals surface area contributed by atoms with E-state index in [4.69, 9.17) is 4.98 Å². The monoisotopic (exact) mass is 289 g/mol. The number of anilines is 1. The van der Waals surface area contributed by atoms with E-state index in [-0.39, 0.29) is 0 Å². The highest BCUT2D eigenvalue weighted by Gasteiger charge is 2.29. The van der Waals surface area contributed by atoms with Crippen molar-refractivity contribution in [3.63, 3.8) is 0 Å². The largest absolute Gasteiger partial charge is 0.355 e. The molecule has 0 aliphatic carbocycles. The summed E-state index contributed by atoms with van der Waals surface area (Å²) in [5.74, 6) is 2.47. The summed E-state index contributed by atoms with van der Waals surface area (Å²) in [5, 5.41) is 3.43. The Hall–Kier alpha value is -1.20. The molecule has 0 radical (unpaired) electrons. The Labute approximate surface area is 127 Å². The molecule has 2 saturated heterocycles. The van der Waals surface area contributed by atoms with Gasteiger partial charge in [-0.3, -0.25) is 4.90 Å². The smallest absolute Gasteiger partial charge is 0.133 e. The van der Waals surface area contributed by atoms with Gasteiger partial charge in [0.15, 0.2) is 0 Å². The van der Waals surface area contributed by atoms with Crippen molar-refractivity contribution in [2.24, 2.45) is 0 Å². The van der Waals surface area contributed by atoms with Crippen LogP contribution in [0, 0.1) is 6.92 Å². The van der Waals surface area contributed by atoms with Crippen molar-refractivity contribution in [1.29, 1.82) is 0 Å². The second-order valence-corrected chi connectivity index (χ2v) is 6.55. The molecule has 2 aliphatic heterocycles. The fourth-order valence-corrected chi connectivity index (χ4v) is 3.29. The first-order valence-corrected chi connectivity index (χ1v) is 8.19. The SMILES string of the molecule is Cc1cc(N2CCC(N3CCNCC3)C2)nc(C(C)C)n1. The van der Waals surface area contributed by atoms with Crippen molar-refractivity contribution in [2.75, 3.05) is 44.2 Å². The maximum atomic E-state index is 4.78. The van der Waals surface area contributed by atoms with Gasteiger partial charge in [-0.2, -0.15) is 0 Å². The van der Waals surface area contributed by atoms with E-state index in [1.54, 1.807) is 0 Å². The number of nitrogens with zero attached hydrogens (tertiary/aromatic N) is 4. The van der Waals surface area contributed by atoms with Crippen LogP contribution in [0.4, 0.5) is 5.82 Å². The Morgan fingerprint density at radius 3 is 2.67 bits per heavy atom. The van der Waals surface area contributed by atoms with E-state index < -0.39 is 0 Å². The fraction of sp³-hybridized carbons (Fsp3) is 0.750. The van der Waals surface area contributed by atoms with Crippen LogP contribution in [0.5, 0.6) is 0 Å². The highest BCUT2D eigenvalue weighted by Crippen LogP contribution is 2.23. The molecular formula is C16H27N5. The molecule has 3 heterocycles. The lowest BCUT2D eigenvalue weighted by Crippen LogP contribution is -2.49. The maximum absolute atomic E-state index is 4.78. The van der Waals surface area contributed by atoms with Crippen LogP contribution in [0.15, 0.2) is 6.07 Å². The highest BCUT2D eigenvalue weighted by atomic mass is 15.3. The number of aryl methyl sites for hydroxylation is 1. The van der Waals surface area contributed by atoms with Gasteiger partial charge in [0.05, 0.1) is 0 Å². The van der Waals surface area contributed by atoms with Crippen LogP contribution in [0.3, 0.4) is 0 Å². The Kier molecular flexibility index (Phi) is 4.40. The standard InChI is InChI=1S/C16H27N5/c1-12(2)16-18-13(3)10-15(19-16)21-7-4-14(11-21)20-8-5-17-6-9-20/h10,12,14,17H,4-9,11H2,1-3H3. The van der Waals surface area contributed by atoms with Gasteiger partial charge in [0.2, 0.25) is 0 Å². The Morgan fingerprint density at radius 1 is 1.19 bits per heavy atom. The quantitative estimate of drug-likeness (QED) is 0.911. The zero-order valence-electron chi connectivity index (χ0n) is 13.5. The van der Waals surface area contributed by atoms with Gasteiger partial charge in [0.1, 0.15) is 11.6 Å². The van der Waals surface area contributed by atoms with Gasteiger partial charge in [0, 0.05) is 63.0 Å². The number of rotatable bonds is 3. The van der Waals surface area contributed by atoms with Gasteiger partial charge in [-0.05, 0) is 13.3 Å². The summed E-state index contributed by atoms with van der Waals surface area (Å²) >= 11 is 0. The van der Waals surface area contributed by atoms with E-state index in [0.717, 1.165) is 43.5 Å². The second-order valence-electron chi connectivity index (χ2n) is 6.55. The first-order chi connectivity index (χ1) is 10.1. The average Bonchev–Trinajstić information content (AvgIpc) is 2.97. The molecule has 1 N–H and O–H groups in total. The van der Waals surface area contributed by atoms with Crippen LogP contribution >= 0.6 is 0 Å². The third-order valence-corrected chi connectivity index (χ3v) is 4.53. The molecule has 1 aromatic rings. The van der Waals surface area contributed by atoms with Gasteiger partial charge >= 0.3 is 0 Å². The number of aromatic nitrogens is 2. The van der Waals surface area contributed by atoms with E-state index in [1.165, 1.54) is 19.5 Å². The summed E-state index contributed by atoms with van der Waals surface area (Å²) in [6.07, 6.45) is 1.25. The maximum Gasteiger partial charge on any atom is 0.133 e. The Bertz CT molecular complexity index is 482. The third kappa shape index (κ3) is 3.35. The van der Waals surface area contributed by atoms with Gasteiger partial charge in [-0.15, -0.1) is 0 Å². The van der Waals surface area contributed by atoms with Crippen LogP contribution in [0.2, 0.25) is 0 Å². The van der Waals surface area contributed by atoms with Crippen LogP contribution in [0.25, 0.3) is 0 Å². The molecule has 0 aromatic carbocycles. The van der Waals surface area contributed by atoms with E-state index >= 15 is 0 Å². The minimum absolute atomic E-state index is 0.384. The predicted octanol–water partition coefficient (Wildman–Crippen LogP) is 1.39. The fourth-order valence-electron chi connectivity index (χ4n) is 3.29. The second kappa shape index (κ2) is 6.28. The van der Waals surface area contributed by atoms with E-state index in [0.29, 0.717) is 12.0 Å². The number of piperazine rings is 1. The van der Waals surface area contributed by atoms with Gasteiger partial charge in [-0.25, -0.2) is 9.97 Å². The topological polar surface area (TPSA) is 44.3 Å². The van der Waals surface area contributed by atoms with Gasteiger partial charge in [0.25, 0.3) is 0 Å². The molecule has 2 fully saturated rings. The van der Waals surface area contributed by atoms with Crippen molar-refractivity contribution in [3.05, 3.63) is 17.6 Å². The average molecular weight is 289 g/mol. The summed E-state index contributed by atoms with van der Waals surface area (Å²) in [7, 11) is 0. The van der Waals surface area contributed by atoms with Crippen molar-refractivity contribution in [2.45, 2.75) is 39.2 Å². The molecule has 5 nitrogen and oxygen atoms in total. The molecule has 116 valence electrons. The minimum atomic E-state index is 0.384. The minimum Gasteiger partial charge on any atom is -0.355 e. The zero-order valence-corrected chi connectivity index (χ0v) is 13.5. The molecule has 21 heavy (non-hydrogen) atoms. The van der Waals surface area contributed by atoms with Crippen LogP contribution < -0.4 is 10.2 Å². The molecule has 1 atom stereocenters. The molecule has 0 saturated carbocycles. The molecular weight excluding hydrogens is 262 g/mol. The molecule has 1 aromatic heterocycles. The molecule has 1 unspecified atom stereocenters. The van der Waals surface area contributed by atoms with E-state index in [9.17, 15) is 0 Å². The van der Waals surface area contributed by atoms with Crippen molar-refractivity contribution in [1.82, 2.24) is 20.2 Å². The lowest BCUT2D eigenvalue weighted by atomic mass is 10.2. The summed E-state index contributed by atoms with van der Waals surface area (Å²) in [6, 6.07) is 2.82.